The average molecular weight is 385 g/mol. The van der Waals surface area contributed by atoms with E-state index in [2.05, 4.69) is 9.88 Å². The van der Waals surface area contributed by atoms with Crippen molar-refractivity contribution in [1.82, 2.24) is 14.8 Å². The zero-order valence-corrected chi connectivity index (χ0v) is 16.1. The summed E-state index contributed by atoms with van der Waals surface area (Å²) < 4.78 is 16.8. The number of morpholine rings is 1. The van der Waals surface area contributed by atoms with Crippen LogP contribution in [0.15, 0.2) is 41.1 Å². The van der Waals surface area contributed by atoms with Gasteiger partial charge in [-0.3, -0.25) is 14.7 Å². The van der Waals surface area contributed by atoms with Crippen LogP contribution in [-0.2, 0) is 22.6 Å². The predicted octanol–water partition coefficient (Wildman–Crippen LogP) is 2.33. The fraction of sp³-hybridized carbons (Fsp3) is 0.524. The van der Waals surface area contributed by atoms with E-state index in [-0.39, 0.29) is 12.0 Å². The van der Waals surface area contributed by atoms with E-state index in [4.69, 9.17) is 13.9 Å². The van der Waals surface area contributed by atoms with Crippen LogP contribution < -0.4 is 0 Å². The first-order valence-electron chi connectivity index (χ1n) is 9.96. The molecule has 7 heteroatoms. The molecule has 4 rings (SSSR count). The maximum atomic E-state index is 13.2. The number of furan rings is 1. The summed E-state index contributed by atoms with van der Waals surface area (Å²) in [6.45, 7) is 5.75. The van der Waals surface area contributed by atoms with Crippen molar-refractivity contribution in [1.29, 1.82) is 0 Å². The molecule has 0 bridgehead atoms. The highest BCUT2D eigenvalue weighted by Gasteiger charge is 2.25. The van der Waals surface area contributed by atoms with Crippen LogP contribution in [0.4, 0.5) is 0 Å². The topological polar surface area (TPSA) is 68.0 Å². The van der Waals surface area contributed by atoms with E-state index in [1.165, 1.54) is 0 Å². The highest BCUT2D eigenvalue weighted by molar-refractivity contribution is 5.94. The summed E-state index contributed by atoms with van der Waals surface area (Å²) in [5.74, 6) is 0.762. The molecule has 2 aliphatic heterocycles. The summed E-state index contributed by atoms with van der Waals surface area (Å²) in [6.07, 6.45) is 5.44. The van der Waals surface area contributed by atoms with Gasteiger partial charge < -0.3 is 18.8 Å². The second-order valence-corrected chi connectivity index (χ2v) is 7.33. The van der Waals surface area contributed by atoms with E-state index in [9.17, 15) is 4.79 Å². The lowest BCUT2D eigenvalue weighted by atomic mass is 10.2. The van der Waals surface area contributed by atoms with Crippen molar-refractivity contribution < 1.29 is 18.7 Å². The molecule has 28 heavy (non-hydrogen) atoms. The summed E-state index contributed by atoms with van der Waals surface area (Å²) in [5.41, 5.74) is 1.45. The van der Waals surface area contributed by atoms with Crippen LogP contribution >= 0.6 is 0 Å². The molecule has 0 spiro atoms. The Hall–Kier alpha value is -2.22. The molecule has 0 aliphatic carbocycles. The molecule has 4 heterocycles. The molecule has 2 aromatic rings. The lowest BCUT2D eigenvalue weighted by Gasteiger charge is -2.25. The number of carbonyl (C=O) groups is 1. The van der Waals surface area contributed by atoms with Crippen LogP contribution in [0.3, 0.4) is 0 Å². The van der Waals surface area contributed by atoms with Crippen LogP contribution in [0.1, 0.15) is 34.7 Å². The summed E-state index contributed by atoms with van der Waals surface area (Å²) >= 11 is 0. The molecular weight excluding hydrogens is 358 g/mol. The van der Waals surface area contributed by atoms with Gasteiger partial charge in [-0.1, -0.05) is 6.07 Å². The third-order valence-corrected chi connectivity index (χ3v) is 5.20. The predicted molar refractivity (Wildman–Crippen MR) is 103 cm³/mol. The minimum Gasteiger partial charge on any atom is -0.467 e. The van der Waals surface area contributed by atoms with Crippen LogP contribution in [0, 0.1) is 0 Å². The molecular formula is C21H27N3O4. The molecule has 0 radical (unpaired) electrons. The molecule has 2 fully saturated rings. The fourth-order valence-corrected chi connectivity index (χ4v) is 3.68. The van der Waals surface area contributed by atoms with E-state index in [0.29, 0.717) is 25.2 Å². The molecule has 7 nitrogen and oxygen atoms in total. The molecule has 1 atom stereocenters. The van der Waals surface area contributed by atoms with Gasteiger partial charge in [0.2, 0.25) is 0 Å². The Morgan fingerprint density at radius 3 is 2.89 bits per heavy atom. The van der Waals surface area contributed by atoms with Crippen LogP contribution in [0.5, 0.6) is 0 Å². The Kier molecular flexibility index (Phi) is 6.36. The van der Waals surface area contributed by atoms with Crippen molar-refractivity contribution in [2.45, 2.75) is 32.0 Å². The Labute approximate surface area is 165 Å². The van der Waals surface area contributed by atoms with E-state index >= 15 is 0 Å². The SMILES string of the molecule is O=C(c1coc(CN2CCOCC2)c1)N(Cc1ccccn1)CC1CCCO1. The van der Waals surface area contributed by atoms with Gasteiger partial charge in [0.1, 0.15) is 12.0 Å². The van der Waals surface area contributed by atoms with Gasteiger partial charge in [-0.2, -0.15) is 0 Å². The number of pyridine rings is 1. The minimum absolute atomic E-state index is 0.0434. The molecule has 2 saturated heterocycles. The molecule has 2 aliphatic rings. The van der Waals surface area contributed by atoms with Crippen LogP contribution in [-0.4, -0.2) is 66.2 Å². The van der Waals surface area contributed by atoms with Gasteiger partial charge in [0, 0.05) is 32.4 Å². The Balaban J connectivity index is 1.44. The molecule has 0 aromatic carbocycles. The van der Waals surface area contributed by atoms with E-state index in [1.807, 2.05) is 29.2 Å². The van der Waals surface area contributed by atoms with E-state index in [1.54, 1.807) is 12.5 Å². The quantitative estimate of drug-likeness (QED) is 0.729. The zero-order valence-electron chi connectivity index (χ0n) is 16.1. The van der Waals surface area contributed by atoms with Crippen LogP contribution in [0.25, 0.3) is 0 Å². The fourth-order valence-electron chi connectivity index (χ4n) is 3.68. The largest absolute Gasteiger partial charge is 0.467 e. The smallest absolute Gasteiger partial charge is 0.257 e. The number of nitrogens with zero attached hydrogens (tertiary/aromatic N) is 3. The zero-order chi connectivity index (χ0) is 19.2. The maximum Gasteiger partial charge on any atom is 0.257 e. The van der Waals surface area contributed by atoms with Crippen LogP contribution in [0.2, 0.25) is 0 Å². The van der Waals surface area contributed by atoms with Crippen molar-refractivity contribution in [3.63, 3.8) is 0 Å². The minimum atomic E-state index is -0.0434. The Morgan fingerprint density at radius 1 is 1.25 bits per heavy atom. The second-order valence-electron chi connectivity index (χ2n) is 7.33. The van der Waals surface area contributed by atoms with Crippen molar-refractivity contribution in [3.05, 3.63) is 53.7 Å². The van der Waals surface area contributed by atoms with Gasteiger partial charge in [0.25, 0.3) is 5.91 Å². The third kappa shape index (κ3) is 4.98. The molecule has 1 unspecified atom stereocenters. The first-order chi connectivity index (χ1) is 13.8. The summed E-state index contributed by atoms with van der Waals surface area (Å²) in [4.78, 5) is 21.7. The number of hydrogen-bond donors (Lipinski definition) is 0. The molecule has 0 N–H and O–H groups in total. The number of rotatable bonds is 7. The summed E-state index contributed by atoms with van der Waals surface area (Å²) in [6, 6.07) is 7.62. The van der Waals surface area contributed by atoms with Crippen molar-refractivity contribution in [3.8, 4) is 0 Å². The highest BCUT2D eigenvalue weighted by atomic mass is 16.5. The van der Waals surface area contributed by atoms with Crippen molar-refractivity contribution >= 4 is 5.91 Å². The molecule has 1 amide bonds. The van der Waals surface area contributed by atoms with Gasteiger partial charge in [-0.05, 0) is 31.0 Å². The van der Waals surface area contributed by atoms with Gasteiger partial charge in [-0.15, -0.1) is 0 Å². The maximum absolute atomic E-state index is 13.2. The Bertz CT molecular complexity index is 752. The van der Waals surface area contributed by atoms with Gasteiger partial charge >= 0.3 is 0 Å². The highest BCUT2D eigenvalue weighted by Crippen LogP contribution is 2.19. The van der Waals surface area contributed by atoms with Crippen molar-refractivity contribution in [2.24, 2.45) is 0 Å². The van der Waals surface area contributed by atoms with Crippen molar-refractivity contribution in [2.75, 3.05) is 39.5 Å². The lowest BCUT2D eigenvalue weighted by molar-refractivity contribution is 0.0313. The summed E-state index contributed by atoms with van der Waals surface area (Å²) in [5, 5.41) is 0. The number of hydrogen-bond acceptors (Lipinski definition) is 6. The average Bonchev–Trinajstić information content (AvgIpc) is 3.41. The first kappa shape index (κ1) is 19.1. The number of carbonyl (C=O) groups excluding carboxylic acids is 1. The Morgan fingerprint density at radius 2 is 2.14 bits per heavy atom. The molecule has 2 aromatic heterocycles. The van der Waals surface area contributed by atoms with E-state index < -0.39 is 0 Å². The lowest BCUT2D eigenvalue weighted by Crippen LogP contribution is -2.37. The normalized spacial score (nSPS) is 20.4. The van der Waals surface area contributed by atoms with E-state index in [0.717, 1.165) is 57.2 Å². The first-order valence-corrected chi connectivity index (χ1v) is 9.96. The monoisotopic (exact) mass is 385 g/mol. The summed E-state index contributed by atoms with van der Waals surface area (Å²) in [7, 11) is 0. The number of ether oxygens (including phenoxy) is 2. The van der Waals surface area contributed by atoms with Gasteiger partial charge in [0.05, 0.1) is 43.7 Å². The molecule has 0 saturated carbocycles. The standard InChI is InChI=1S/C21H27N3O4/c25-21(17-12-20(28-16-17)14-23-7-10-26-11-8-23)24(15-19-5-3-9-27-19)13-18-4-1-2-6-22-18/h1-2,4,6,12,16,19H,3,5,7-11,13-15H2. The van der Waals surface area contributed by atoms with Gasteiger partial charge in [-0.25, -0.2) is 0 Å². The third-order valence-electron chi connectivity index (χ3n) is 5.20. The number of amides is 1. The number of aromatic nitrogens is 1. The van der Waals surface area contributed by atoms with Gasteiger partial charge in [0.15, 0.2) is 0 Å². The molecule has 150 valence electrons. The second kappa shape index (κ2) is 9.32.